The third-order valence-electron chi connectivity index (χ3n) is 1.38. The van der Waals surface area contributed by atoms with Gasteiger partial charge in [-0.3, -0.25) is 4.79 Å². The molecule has 6 heteroatoms. The Labute approximate surface area is 71.4 Å². The molecule has 1 aromatic heterocycles. The number of hydrogen-bond donors (Lipinski definition) is 1. The fourth-order valence-corrected chi connectivity index (χ4v) is 0.783. The molecule has 0 fully saturated rings. The molecule has 0 spiro atoms. The molecule has 2 N–H and O–H groups in total. The first-order valence-electron chi connectivity index (χ1n) is 3.23. The number of halogens is 3. The molecule has 0 bridgehead atoms. The highest BCUT2D eigenvalue weighted by Gasteiger charge is 2.33. The Morgan fingerprint density at radius 2 is 2.08 bits per heavy atom. The Morgan fingerprint density at radius 1 is 1.46 bits per heavy atom. The summed E-state index contributed by atoms with van der Waals surface area (Å²) in [6, 6.07) is 0.662. The van der Waals surface area contributed by atoms with Gasteiger partial charge in [0.05, 0.1) is 5.56 Å². The minimum absolute atomic E-state index is 0.151. The number of alkyl halides is 3. The van der Waals surface area contributed by atoms with E-state index < -0.39 is 17.6 Å². The molecular weight excluding hydrogens is 185 g/mol. The fourth-order valence-electron chi connectivity index (χ4n) is 0.783. The molecule has 0 unspecified atom stereocenters. The number of rotatable bonds is 1. The van der Waals surface area contributed by atoms with Crippen LogP contribution in [0.2, 0.25) is 0 Å². The number of carbonyl (C=O) groups is 1. The third kappa shape index (κ3) is 1.95. The Kier molecular flexibility index (Phi) is 2.22. The number of carbonyl (C=O) groups excluding carboxylic acids is 1. The zero-order valence-electron chi connectivity index (χ0n) is 6.30. The number of aromatic nitrogens is 1. The van der Waals surface area contributed by atoms with Gasteiger partial charge in [-0.25, -0.2) is 4.98 Å². The van der Waals surface area contributed by atoms with Crippen molar-refractivity contribution in [1.29, 1.82) is 0 Å². The number of nitrogens with zero attached hydrogens (tertiary/aromatic N) is 1. The second-order valence-electron chi connectivity index (χ2n) is 2.32. The van der Waals surface area contributed by atoms with E-state index in [0.29, 0.717) is 6.07 Å². The van der Waals surface area contributed by atoms with Crippen molar-refractivity contribution in [3.05, 3.63) is 23.4 Å². The van der Waals surface area contributed by atoms with Crippen LogP contribution in [0, 0.1) is 0 Å². The highest BCUT2D eigenvalue weighted by atomic mass is 19.4. The largest absolute Gasteiger partial charge is 0.419 e. The van der Waals surface area contributed by atoms with Crippen molar-refractivity contribution in [1.82, 2.24) is 4.98 Å². The van der Waals surface area contributed by atoms with Gasteiger partial charge in [-0.2, -0.15) is 13.2 Å². The highest BCUT2D eigenvalue weighted by Crippen LogP contribution is 2.32. The van der Waals surface area contributed by atoms with Gasteiger partial charge in [0, 0.05) is 11.8 Å². The molecule has 0 radical (unpaired) electrons. The van der Waals surface area contributed by atoms with E-state index in [0.717, 1.165) is 6.20 Å². The molecule has 1 rings (SSSR count). The summed E-state index contributed by atoms with van der Waals surface area (Å²) in [5.41, 5.74) is 3.75. The summed E-state index contributed by atoms with van der Waals surface area (Å²) in [5.74, 6) is -0.627. The molecule has 13 heavy (non-hydrogen) atoms. The SMILES string of the molecule is Nc1ncc(C=O)cc1C(F)(F)F. The lowest BCUT2D eigenvalue weighted by Crippen LogP contribution is -2.10. The van der Waals surface area contributed by atoms with Crippen molar-refractivity contribution in [2.75, 3.05) is 5.73 Å². The Bertz CT molecular complexity index is 335. The van der Waals surface area contributed by atoms with E-state index >= 15 is 0 Å². The first-order chi connectivity index (χ1) is 5.95. The summed E-state index contributed by atoms with van der Waals surface area (Å²) in [6.45, 7) is 0. The zero-order valence-corrected chi connectivity index (χ0v) is 6.30. The van der Waals surface area contributed by atoms with E-state index in [-0.39, 0.29) is 11.8 Å². The fraction of sp³-hybridized carbons (Fsp3) is 0.143. The van der Waals surface area contributed by atoms with Gasteiger partial charge in [-0.1, -0.05) is 0 Å². The molecule has 3 nitrogen and oxygen atoms in total. The summed E-state index contributed by atoms with van der Waals surface area (Å²) in [6.07, 6.45) is -3.31. The summed E-state index contributed by atoms with van der Waals surface area (Å²) < 4.78 is 36.4. The average molecular weight is 190 g/mol. The Morgan fingerprint density at radius 3 is 2.54 bits per heavy atom. The predicted octanol–water partition coefficient (Wildman–Crippen LogP) is 1.50. The first-order valence-corrected chi connectivity index (χ1v) is 3.23. The minimum atomic E-state index is -4.57. The molecule has 0 saturated carbocycles. The summed E-state index contributed by atoms with van der Waals surface area (Å²) in [5, 5.41) is 0. The van der Waals surface area contributed by atoms with Crippen molar-refractivity contribution >= 4 is 12.1 Å². The van der Waals surface area contributed by atoms with Gasteiger partial charge in [-0.15, -0.1) is 0 Å². The maximum Gasteiger partial charge on any atom is 0.419 e. The van der Waals surface area contributed by atoms with E-state index in [4.69, 9.17) is 5.73 Å². The summed E-state index contributed by atoms with van der Waals surface area (Å²) in [7, 11) is 0. The lowest BCUT2D eigenvalue weighted by atomic mass is 10.2. The lowest BCUT2D eigenvalue weighted by Gasteiger charge is -2.08. The zero-order chi connectivity index (χ0) is 10.1. The van der Waals surface area contributed by atoms with Crippen molar-refractivity contribution in [3.63, 3.8) is 0 Å². The molecule has 0 aliphatic rings. The second kappa shape index (κ2) is 3.04. The van der Waals surface area contributed by atoms with E-state index in [1.165, 1.54) is 0 Å². The standard InChI is InChI=1S/C7H5F3N2O/c8-7(9,10)5-1-4(3-13)2-12-6(5)11/h1-3H,(H2,11,12). The highest BCUT2D eigenvalue weighted by molar-refractivity contribution is 5.75. The van der Waals surface area contributed by atoms with Crippen molar-refractivity contribution in [2.45, 2.75) is 6.18 Å². The number of anilines is 1. The molecule has 0 aliphatic heterocycles. The van der Waals surface area contributed by atoms with Gasteiger partial charge in [0.25, 0.3) is 0 Å². The minimum Gasteiger partial charge on any atom is -0.383 e. The van der Waals surface area contributed by atoms with Crippen LogP contribution in [-0.4, -0.2) is 11.3 Å². The van der Waals surface area contributed by atoms with Gasteiger partial charge in [0.2, 0.25) is 0 Å². The van der Waals surface area contributed by atoms with Crippen LogP contribution in [0.5, 0.6) is 0 Å². The van der Waals surface area contributed by atoms with Crippen LogP contribution >= 0.6 is 0 Å². The molecule has 0 aromatic carbocycles. The van der Waals surface area contributed by atoms with Crippen LogP contribution < -0.4 is 5.73 Å². The topological polar surface area (TPSA) is 56.0 Å². The van der Waals surface area contributed by atoms with Crippen LogP contribution in [0.15, 0.2) is 12.3 Å². The molecule has 1 heterocycles. The number of nitrogens with two attached hydrogens (primary N) is 1. The van der Waals surface area contributed by atoms with E-state index in [1.54, 1.807) is 0 Å². The Balaban J connectivity index is 3.27. The van der Waals surface area contributed by atoms with Gasteiger partial charge >= 0.3 is 6.18 Å². The predicted molar refractivity (Wildman–Crippen MR) is 39.0 cm³/mol. The first kappa shape index (κ1) is 9.50. The number of aldehydes is 1. The number of pyridine rings is 1. The van der Waals surface area contributed by atoms with Gasteiger partial charge in [-0.05, 0) is 6.07 Å². The van der Waals surface area contributed by atoms with Crippen LogP contribution in [0.1, 0.15) is 15.9 Å². The monoisotopic (exact) mass is 190 g/mol. The third-order valence-corrected chi connectivity index (χ3v) is 1.38. The van der Waals surface area contributed by atoms with Gasteiger partial charge in [0.1, 0.15) is 5.82 Å². The quantitative estimate of drug-likeness (QED) is 0.682. The average Bonchev–Trinajstić information content (AvgIpc) is 2.03. The number of nitrogen functional groups attached to an aromatic ring is 1. The van der Waals surface area contributed by atoms with Gasteiger partial charge in [0.15, 0.2) is 6.29 Å². The maximum absolute atomic E-state index is 12.1. The van der Waals surface area contributed by atoms with Gasteiger partial charge < -0.3 is 5.73 Å². The molecular formula is C7H5F3N2O. The van der Waals surface area contributed by atoms with Crippen LogP contribution in [-0.2, 0) is 6.18 Å². The van der Waals surface area contributed by atoms with Crippen molar-refractivity contribution in [2.24, 2.45) is 0 Å². The summed E-state index contributed by atoms with van der Waals surface area (Å²) in [4.78, 5) is 13.4. The second-order valence-corrected chi connectivity index (χ2v) is 2.32. The van der Waals surface area contributed by atoms with Crippen molar-refractivity contribution < 1.29 is 18.0 Å². The van der Waals surface area contributed by atoms with Crippen LogP contribution in [0.4, 0.5) is 19.0 Å². The smallest absolute Gasteiger partial charge is 0.383 e. The summed E-state index contributed by atoms with van der Waals surface area (Å²) >= 11 is 0. The maximum atomic E-state index is 12.1. The van der Waals surface area contributed by atoms with E-state index in [9.17, 15) is 18.0 Å². The lowest BCUT2D eigenvalue weighted by molar-refractivity contribution is -0.137. The number of hydrogen-bond acceptors (Lipinski definition) is 3. The molecule has 1 aromatic rings. The molecule has 0 atom stereocenters. The molecule has 0 saturated heterocycles. The van der Waals surface area contributed by atoms with E-state index in [2.05, 4.69) is 4.98 Å². The normalized spacial score (nSPS) is 11.3. The van der Waals surface area contributed by atoms with Crippen LogP contribution in [0.3, 0.4) is 0 Å². The molecule has 70 valence electrons. The molecule has 0 amide bonds. The molecule has 0 aliphatic carbocycles. The van der Waals surface area contributed by atoms with E-state index in [1.807, 2.05) is 0 Å². The Hall–Kier alpha value is -1.59. The van der Waals surface area contributed by atoms with Crippen molar-refractivity contribution in [3.8, 4) is 0 Å². The van der Waals surface area contributed by atoms with Crippen LogP contribution in [0.25, 0.3) is 0 Å².